The smallest absolute Gasteiger partial charge is 0.473 e. The maximum absolute atomic E-state index is 10.6. The van der Waals surface area contributed by atoms with Gasteiger partial charge in [-0.25, -0.2) is 0 Å². The van der Waals surface area contributed by atoms with Crippen LogP contribution in [0.2, 0.25) is 0 Å². The van der Waals surface area contributed by atoms with Crippen molar-refractivity contribution in [1.82, 2.24) is 9.97 Å². The minimum atomic E-state index is 0.188. The van der Waals surface area contributed by atoms with Crippen LogP contribution in [0, 0.1) is 6.92 Å². The third-order valence-electron chi connectivity index (χ3n) is 2.11. The molecule has 0 fully saturated rings. The summed E-state index contributed by atoms with van der Waals surface area (Å²) in [6.07, 6.45) is 0. The Morgan fingerprint density at radius 3 is 2.71 bits per heavy atom. The number of ether oxygens (including phenoxy) is 1. The van der Waals surface area contributed by atoms with Crippen molar-refractivity contribution in [2.24, 2.45) is 0 Å². The summed E-state index contributed by atoms with van der Waals surface area (Å²) >= 11 is 0.267. The van der Waals surface area contributed by atoms with E-state index in [9.17, 15) is 4.21 Å². The van der Waals surface area contributed by atoms with E-state index in [1.807, 2.05) is 30.3 Å². The van der Waals surface area contributed by atoms with Crippen molar-refractivity contribution in [3.05, 3.63) is 47.7 Å². The molecule has 0 saturated heterocycles. The normalized spacial score (nSPS) is 9.94. The first-order chi connectivity index (χ1) is 8.28. The fraction of sp³-hybridized carbons (Fsp3) is 0.167. The third kappa shape index (κ3) is 3.29. The van der Waals surface area contributed by atoms with E-state index < -0.39 is 0 Å². The first kappa shape index (κ1) is 11.6. The van der Waals surface area contributed by atoms with Gasteiger partial charge in [0, 0.05) is 10.3 Å². The minimum absolute atomic E-state index is 0.188. The van der Waals surface area contributed by atoms with Crippen molar-refractivity contribution < 1.29 is 8.95 Å². The Morgan fingerprint density at radius 2 is 2.00 bits per heavy atom. The molecule has 1 aromatic carbocycles. The Labute approximate surface area is 103 Å². The summed E-state index contributed by atoms with van der Waals surface area (Å²) in [7, 11) is 0. The molecule has 0 amide bonds. The largest absolute Gasteiger partial charge is 0.550 e. The third-order valence-corrected chi connectivity index (χ3v) is 2.45. The van der Waals surface area contributed by atoms with Crippen LogP contribution in [-0.2, 0) is 22.5 Å². The molecule has 2 aromatic rings. The van der Waals surface area contributed by atoms with Crippen LogP contribution in [0.3, 0.4) is 0 Å². The average Bonchev–Trinajstić information content (AvgIpc) is 2.37. The molecule has 0 saturated carbocycles. The quantitative estimate of drug-likeness (QED) is 0.613. The van der Waals surface area contributed by atoms with Crippen LogP contribution >= 0.6 is 0 Å². The van der Waals surface area contributed by atoms with Crippen LogP contribution in [-0.4, -0.2) is 9.97 Å². The van der Waals surface area contributed by atoms with Crippen molar-refractivity contribution in [1.29, 1.82) is 0 Å². The monoisotopic (exact) mass is 247 g/mol. The zero-order valence-corrected chi connectivity index (χ0v) is 10.1. The van der Waals surface area contributed by atoms with Crippen LogP contribution < -0.4 is 4.74 Å². The molecule has 86 valence electrons. The second-order valence-corrected chi connectivity index (χ2v) is 4.02. The lowest BCUT2D eigenvalue weighted by molar-refractivity contribution is 0.290. The average molecular weight is 247 g/mol. The first-order valence-electron chi connectivity index (χ1n) is 5.10. The lowest BCUT2D eigenvalue weighted by Crippen LogP contribution is -2.00. The van der Waals surface area contributed by atoms with Crippen LogP contribution in [0.4, 0.5) is 0 Å². The molecular formula is C12H11N2O2S+. The zero-order chi connectivity index (χ0) is 12.1. The molecule has 5 heteroatoms. The number of rotatable bonds is 4. The second kappa shape index (κ2) is 5.45. The van der Waals surface area contributed by atoms with Gasteiger partial charge in [-0.2, -0.15) is 4.98 Å². The van der Waals surface area contributed by atoms with Crippen molar-refractivity contribution >= 4 is 11.7 Å². The van der Waals surface area contributed by atoms with E-state index in [1.165, 1.54) is 0 Å². The van der Waals surface area contributed by atoms with Crippen LogP contribution in [0.15, 0.2) is 41.6 Å². The number of aromatic nitrogens is 2. The molecule has 0 spiro atoms. The van der Waals surface area contributed by atoms with E-state index >= 15 is 0 Å². The van der Waals surface area contributed by atoms with Gasteiger partial charge in [0.25, 0.3) is 0 Å². The maximum Gasteiger partial charge on any atom is 0.550 e. The zero-order valence-electron chi connectivity index (χ0n) is 9.29. The van der Waals surface area contributed by atoms with Gasteiger partial charge in [0.05, 0.1) is 5.69 Å². The summed E-state index contributed by atoms with van der Waals surface area (Å²) in [6.45, 7) is 2.23. The molecule has 1 aromatic heterocycles. The van der Waals surface area contributed by atoms with E-state index in [2.05, 4.69) is 9.97 Å². The summed E-state index contributed by atoms with van der Waals surface area (Å²) in [6, 6.07) is 11.5. The van der Waals surface area contributed by atoms with Gasteiger partial charge >= 0.3 is 16.8 Å². The summed E-state index contributed by atoms with van der Waals surface area (Å²) < 4.78 is 16.2. The van der Waals surface area contributed by atoms with Crippen molar-refractivity contribution in [2.45, 2.75) is 18.7 Å². The number of nitrogens with zero attached hydrogens (tertiary/aromatic N) is 2. The van der Waals surface area contributed by atoms with Gasteiger partial charge in [-0.15, -0.1) is 4.98 Å². The molecule has 1 heterocycles. The van der Waals surface area contributed by atoms with Gasteiger partial charge in [-0.05, 0) is 12.5 Å². The van der Waals surface area contributed by atoms with Gasteiger partial charge in [-0.3, -0.25) is 0 Å². The van der Waals surface area contributed by atoms with Crippen molar-refractivity contribution in [3.63, 3.8) is 0 Å². The summed E-state index contributed by atoms with van der Waals surface area (Å²) in [5.74, 6) is 0.430. The fourth-order valence-electron chi connectivity index (χ4n) is 1.36. The molecular weight excluding hydrogens is 236 g/mol. The predicted octanol–water partition coefficient (Wildman–Crippen LogP) is 2.15. The van der Waals surface area contributed by atoms with E-state index in [4.69, 9.17) is 4.74 Å². The summed E-state index contributed by atoms with van der Waals surface area (Å²) in [4.78, 5) is 7.95. The second-order valence-electron chi connectivity index (χ2n) is 3.49. The Balaban J connectivity index is 2.09. The molecule has 17 heavy (non-hydrogen) atoms. The maximum atomic E-state index is 10.6. The van der Waals surface area contributed by atoms with Gasteiger partial charge < -0.3 is 4.74 Å². The van der Waals surface area contributed by atoms with E-state index in [0.717, 1.165) is 11.3 Å². The Morgan fingerprint density at radius 1 is 1.24 bits per heavy atom. The Hall–Kier alpha value is -1.88. The van der Waals surface area contributed by atoms with Crippen LogP contribution in [0.1, 0.15) is 11.3 Å². The molecule has 0 aliphatic rings. The number of hydrogen-bond acceptors (Lipinski definition) is 4. The van der Waals surface area contributed by atoms with E-state index in [0.29, 0.717) is 12.5 Å². The van der Waals surface area contributed by atoms with Gasteiger partial charge in [0.1, 0.15) is 6.61 Å². The van der Waals surface area contributed by atoms with E-state index in [1.54, 1.807) is 13.0 Å². The lowest BCUT2D eigenvalue weighted by Gasteiger charge is -2.04. The molecule has 2 rings (SSSR count). The summed E-state index contributed by atoms with van der Waals surface area (Å²) in [5, 5.41) is 0.188. The van der Waals surface area contributed by atoms with Crippen molar-refractivity contribution in [2.75, 3.05) is 0 Å². The van der Waals surface area contributed by atoms with Crippen LogP contribution in [0.25, 0.3) is 0 Å². The van der Waals surface area contributed by atoms with Gasteiger partial charge in [0.15, 0.2) is 0 Å². The Kier molecular flexibility index (Phi) is 3.72. The molecule has 0 bridgehead atoms. The fourth-order valence-corrected chi connectivity index (χ4v) is 1.66. The molecule has 4 nitrogen and oxygen atoms in total. The molecule has 0 aliphatic heterocycles. The highest BCUT2D eigenvalue weighted by Gasteiger charge is 2.14. The number of aryl methyl sites for hydroxylation is 1. The lowest BCUT2D eigenvalue weighted by atomic mass is 10.2. The minimum Gasteiger partial charge on any atom is -0.473 e. The highest BCUT2D eigenvalue weighted by atomic mass is 32.1. The Bertz CT molecular complexity index is 517. The molecule has 0 N–H and O–H groups in total. The topological polar surface area (TPSA) is 52.1 Å². The van der Waals surface area contributed by atoms with Crippen LogP contribution in [0.5, 0.6) is 5.88 Å². The molecule has 0 radical (unpaired) electrons. The highest BCUT2D eigenvalue weighted by molar-refractivity contribution is 7.65. The summed E-state index contributed by atoms with van der Waals surface area (Å²) in [5.41, 5.74) is 1.78. The van der Waals surface area contributed by atoms with Gasteiger partial charge in [0.2, 0.25) is 5.88 Å². The SMILES string of the molecule is Cc1cc(OCc2ccccc2)nc([S+]=O)n1. The molecule has 0 unspecified atom stereocenters. The molecule has 0 atom stereocenters. The number of benzene rings is 1. The first-order valence-corrected chi connectivity index (χ1v) is 5.84. The predicted molar refractivity (Wildman–Crippen MR) is 63.9 cm³/mol. The number of hydrogen-bond donors (Lipinski definition) is 0. The van der Waals surface area contributed by atoms with Gasteiger partial charge in [-0.1, -0.05) is 30.3 Å². The van der Waals surface area contributed by atoms with E-state index in [-0.39, 0.29) is 16.8 Å². The molecule has 0 aliphatic carbocycles. The van der Waals surface area contributed by atoms with Crippen molar-refractivity contribution in [3.8, 4) is 5.88 Å². The standard InChI is InChI=1S/C12H11N2O2S/c1-9-7-11(14-12(13-9)17-15)16-8-10-5-3-2-4-6-10/h2-7H,8H2,1H3/q+1. The highest BCUT2D eigenvalue weighted by Crippen LogP contribution is 2.11.